The van der Waals surface area contributed by atoms with E-state index >= 15 is 0 Å². The van der Waals surface area contributed by atoms with Crippen molar-refractivity contribution in [2.24, 2.45) is 11.7 Å². The summed E-state index contributed by atoms with van der Waals surface area (Å²) in [6.07, 6.45) is 4.37. The van der Waals surface area contributed by atoms with Gasteiger partial charge in [0.15, 0.2) is 0 Å². The highest BCUT2D eigenvalue weighted by molar-refractivity contribution is 5.80. The molecule has 0 spiro atoms. The predicted molar refractivity (Wildman–Crippen MR) is 52.0 cm³/mol. The van der Waals surface area contributed by atoms with Gasteiger partial charge in [0.1, 0.15) is 5.78 Å². The van der Waals surface area contributed by atoms with E-state index in [0.29, 0.717) is 0 Å². The summed E-state index contributed by atoms with van der Waals surface area (Å²) in [5.41, 5.74) is 5.58. The molecule has 0 amide bonds. The molecule has 0 saturated heterocycles. The molecule has 0 aliphatic rings. The van der Waals surface area contributed by atoms with Gasteiger partial charge in [-0.25, -0.2) is 0 Å². The molecule has 2 nitrogen and oxygen atoms in total. The first-order chi connectivity index (χ1) is 5.54. The van der Waals surface area contributed by atoms with Crippen molar-refractivity contribution in [1.29, 1.82) is 0 Å². The van der Waals surface area contributed by atoms with Crippen LogP contribution in [0.1, 0.15) is 46.5 Å². The summed E-state index contributed by atoms with van der Waals surface area (Å²) < 4.78 is 0. The summed E-state index contributed by atoms with van der Waals surface area (Å²) in [5, 5.41) is 0. The van der Waals surface area contributed by atoms with Crippen molar-refractivity contribution in [2.75, 3.05) is 0 Å². The highest BCUT2D eigenvalue weighted by atomic mass is 16.1. The molecule has 0 heterocycles. The second-order valence-electron chi connectivity index (χ2n) is 3.90. The molecule has 0 rings (SSSR count). The molecule has 0 radical (unpaired) electrons. The molecule has 0 bridgehead atoms. The molecule has 12 heavy (non-hydrogen) atoms. The Balaban J connectivity index is 3.25. The van der Waals surface area contributed by atoms with Gasteiger partial charge in [0.05, 0.1) is 6.04 Å². The molecule has 2 heteroatoms. The Morgan fingerprint density at radius 3 is 2.17 bits per heavy atom. The van der Waals surface area contributed by atoms with E-state index in [9.17, 15) is 4.79 Å². The molecular formula is C10H21NO. The molecule has 0 saturated carbocycles. The quantitative estimate of drug-likeness (QED) is 0.622. The smallest absolute Gasteiger partial charge is 0.146 e. The molecule has 0 aliphatic heterocycles. The Hall–Kier alpha value is -0.370. The van der Waals surface area contributed by atoms with E-state index in [-0.39, 0.29) is 11.8 Å². The van der Waals surface area contributed by atoms with Gasteiger partial charge in [-0.15, -0.1) is 0 Å². The van der Waals surface area contributed by atoms with E-state index in [1.807, 2.05) is 0 Å². The number of carbonyl (C=O) groups is 1. The highest BCUT2D eigenvalue weighted by Gasteiger charge is 2.06. The van der Waals surface area contributed by atoms with Crippen LogP contribution in [0.2, 0.25) is 0 Å². The minimum atomic E-state index is -0.225. The zero-order chi connectivity index (χ0) is 9.56. The largest absolute Gasteiger partial charge is 0.322 e. The molecule has 0 aromatic heterocycles. The SMILES string of the molecule is CC(=O)C(N)CCCCC(C)C. The average Bonchev–Trinajstić information content (AvgIpc) is 1.97. The van der Waals surface area contributed by atoms with Crippen molar-refractivity contribution in [3.8, 4) is 0 Å². The molecule has 0 aromatic carbocycles. The van der Waals surface area contributed by atoms with Crippen molar-refractivity contribution < 1.29 is 4.79 Å². The maximum absolute atomic E-state index is 10.7. The first kappa shape index (κ1) is 11.6. The Morgan fingerprint density at radius 2 is 1.75 bits per heavy atom. The molecule has 0 fully saturated rings. The fourth-order valence-electron chi connectivity index (χ4n) is 1.12. The number of Topliss-reactive ketones (excluding diaryl/α,β-unsaturated/α-hetero) is 1. The standard InChI is InChI=1S/C10H21NO/c1-8(2)6-4-5-7-10(11)9(3)12/h8,10H,4-7,11H2,1-3H3. The van der Waals surface area contributed by atoms with Crippen LogP contribution in [-0.4, -0.2) is 11.8 Å². The van der Waals surface area contributed by atoms with E-state index in [2.05, 4.69) is 13.8 Å². The summed E-state index contributed by atoms with van der Waals surface area (Å²) >= 11 is 0. The Labute approximate surface area is 75.5 Å². The van der Waals surface area contributed by atoms with Crippen LogP contribution in [-0.2, 0) is 4.79 Å². The summed E-state index contributed by atoms with van der Waals surface area (Å²) in [4.78, 5) is 10.7. The van der Waals surface area contributed by atoms with Gasteiger partial charge in [-0.2, -0.15) is 0 Å². The van der Waals surface area contributed by atoms with Crippen molar-refractivity contribution in [1.82, 2.24) is 0 Å². The topological polar surface area (TPSA) is 43.1 Å². The van der Waals surface area contributed by atoms with Crippen LogP contribution in [0.4, 0.5) is 0 Å². The zero-order valence-electron chi connectivity index (χ0n) is 8.47. The number of hydrogen-bond donors (Lipinski definition) is 1. The lowest BCUT2D eigenvalue weighted by atomic mass is 10.0. The van der Waals surface area contributed by atoms with Gasteiger partial charge in [0.25, 0.3) is 0 Å². The van der Waals surface area contributed by atoms with Crippen molar-refractivity contribution in [2.45, 2.75) is 52.5 Å². The summed E-state index contributed by atoms with van der Waals surface area (Å²) in [7, 11) is 0. The fourth-order valence-corrected chi connectivity index (χ4v) is 1.12. The van der Waals surface area contributed by atoms with Crippen LogP contribution in [0.3, 0.4) is 0 Å². The maximum atomic E-state index is 10.7. The summed E-state index contributed by atoms with van der Waals surface area (Å²) in [6, 6.07) is -0.225. The van der Waals surface area contributed by atoms with E-state index in [1.54, 1.807) is 6.92 Å². The number of ketones is 1. The third-order valence-electron chi connectivity index (χ3n) is 2.07. The Morgan fingerprint density at radius 1 is 1.25 bits per heavy atom. The van der Waals surface area contributed by atoms with E-state index in [0.717, 1.165) is 18.8 Å². The molecule has 72 valence electrons. The summed E-state index contributed by atoms with van der Waals surface area (Å²) in [5.74, 6) is 0.873. The molecule has 1 unspecified atom stereocenters. The van der Waals surface area contributed by atoms with Gasteiger partial charge >= 0.3 is 0 Å². The third-order valence-corrected chi connectivity index (χ3v) is 2.07. The van der Waals surface area contributed by atoms with Crippen molar-refractivity contribution in [3.63, 3.8) is 0 Å². The second kappa shape index (κ2) is 6.18. The highest BCUT2D eigenvalue weighted by Crippen LogP contribution is 2.09. The minimum Gasteiger partial charge on any atom is -0.322 e. The number of unbranched alkanes of at least 4 members (excludes halogenated alkanes) is 1. The van der Waals surface area contributed by atoms with E-state index < -0.39 is 0 Å². The molecule has 2 N–H and O–H groups in total. The lowest BCUT2D eigenvalue weighted by Crippen LogP contribution is -2.27. The molecule has 1 atom stereocenters. The zero-order valence-corrected chi connectivity index (χ0v) is 8.47. The number of rotatable bonds is 6. The van der Waals surface area contributed by atoms with Gasteiger partial charge in [0.2, 0.25) is 0 Å². The van der Waals surface area contributed by atoms with Gasteiger partial charge in [0, 0.05) is 0 Å². The van der Waals surface area contributed by atoms with Crippen LogP contribution < -0.4 is 5.73 Å². The Bertz CT molecular complexity index is 132. The Kier molecular flexibility index (Phi) is 5.99. The number of hydrogen-bond acceptors (Lipinski definition) is 2. The van der Waals surface area contributed by atoms with Crippen molar-refractivity contribution >= 4 is 5.78 Å². The molecule has 0 aliphatic carbocycles. The van der Waals surface area contributed by atoms with Crippen molar-refractivity contribution in [3.05, 3.63) is 0 Å². The monoisotopic (exact) mass is 171 g/mol. The normalized spacial score (nSPS) is 13.4. The second-order valence-corrected chi connectivity index (χ2v) is 3.90. The van der Waals surface area contributed by atoms with Gasteiger partial charge in [-0.3, -0.25) is 4.79 Å². The van der Waals surface area contributed by atoms with Crippen LogP contribution in [0.5, 0.6) is 0 Å². The van der Waals surface area contributed by atoms with Crippen LogP contribution in [0.15, 0.2) is 0 Å². The first-order valence-electron chi connectivity index (χ1n) is 4.80. The molecular weight excluding hydrogens is 150 g/mol. The molecule has 0 aromatic rings. The minimum absolute atomic E-state index is 0.111. The lowest BCUT2D eigenvalue weighted by molar-refractivity contribution is -0.118. The number of carbonyl (C=O) groups excluding carboxylic acids is 1. The van der Waals surface area contributed by atoms with Crippen LogP contribution >= 0.6 is 0 Å². The first-order valence-corrected chi connectivity index (χ1v) is 4.80. The summed E-state index contributed by atoms with van der Waals surface area (Å²) in [6.45, 7) is 5.99. The predicted octanol–water partition coefficient (Wildman–Crippen LogP) is 2.12. The third kappa shape index (κ3) is 6.35. The van der Waals surface area contributed by atoms with E-state index in [1.165, 1.54) is 12.8 Å². The fraction of sp³-hybridized carbons (Fsp3) is 0.900. The van der Waals surface area contributed by atoms with Gasteiger partial charge in [-0.05, 0) is 19.3 Å². The maximum Gasteiger partial charge on any atom is 0.146 e. The van der Waals surface area contributed by atoms with Gasteiger partial charge < -0.3 is 5.73 Å². The average molecular weight is 171 g/mol. The van der Waals surface area contributed by atoms with Crippen LogP contribution in [0.25, 0.3) is 0 Å². The number of nitrogens with two attached hydrogens (primary N) is 1. The van der Waals surface area contributed by atoms with Crippen LogP contribution in [0, 0.1) is 5.92 Å². The van der Waals surface area contributed by atoms with E-state index in [4.69, 9.17) is 5.73 Å². The lowest BCUT2D eigenvalue weighted by Gasteiger charge is -2.07. The van der Waals surface area contributed by atoms with Gasteiger partial charge in [-0.1, -0.05) is 33.1 Å².